The van der Waals surface area contributed by atoms with E-state index in [0.717, 1.165) is 22.6 Å². The lowest BCUT2D eigenvalue weighted by molar-refractivity contribution is -0.123. The van der Waals surface area contributed by atoms with Crippen LogP contribution in [0, 0.1) is 0 Å². The van der Waals surface area contributed by atoms with Gasteiger partial charge in [-0.3, -0.25) is 14.5 Å². The van der Waals surface area contributed by atoms with Crippen LogP contribution >= 0.6 is 0 Å². The lowest BCUT2D eigenvalue weighted by atomic mass is 9.98. The molecule has 1 N–H and O–H groups in total. The number of nitrogens with one attached hydrogen (secondary N) is 1. The SMILES string of the molecule is COc1ccc(C(NC(=O)CN2CCN(C(=O)c3ccccc3)CC2)c2ccc(OC)cc2)cc1. The molecule has 0 saturated carbocycles. The third-order valence-corrected chi connectivity index (χ3v) is 6.25. The summed E-state index contributed by atoms with van der Waals surface area (Å²) in [5, 5.41) is 3.19. The van der Waals surface area contributed by atoms with Crippen molar-refractivity contribution in [3.05, 3.63) is 95.6 Å². The number of nitrogens with zero attached hydrogens (tertiary/aromatic N) is 2. The molecule has 7 heteroatoms. The number of hydrogen-bond acceptors (Lipinski definition) is 5. The largest absolute Gasteiger partial charge is 0.497 e. The number of carbonyl (C=O) groups excluding carboxylic acids is 2. The monoisotopic (exact) mass is 473 g/mol. The predicted molar refractivity (Wildman–Crippen MR) is 135 cm³/mol. The quantitative estimate of drug-likeness (QED) is 0.543. The second kappa shape index (κ2) is 11.5. The first kappa shape index (κ1) is 24.3. The minimum absolute atomic E-state index is 0.0359. The normalized spacial score (nSPS) is 14.0. The molecule has 0 radical (unpaired) electrons. The van der Waals surface area contributed by atoms with E-state index in [0.29, 0.717) is 31.7 Å². The molecule has 1 aliphatic heterocycles. The lowest BCUT2D eigenvalue weighted by Crippen LogP contribution is -2.51. The summed E-state index contributed by atoms with van der Waals surface area (Å²) in [5.41, 5.74) is 2.62. The van der Waals surface area contributed by atoms with Crippen molar-refractivity contribution in [1.82, 2.24) is 15.1 Å². The Balaban J connectivity index is 1.39. The number of carbonyl (C=O) groups is 2. The van der Waals surface area contributed by atoms with Crippen molar-refractivity contribution in [3.8, 4) is 11.5 Å². The summed E-state index contributed by atoms with van der Waals surface area (Å²) < 4.78 is 10.6. The lowest BCUT2D eigenvalue weighted by Gasteiger charge is -2.34. The molecule has 4 rings (SSSR count). The highest BCUT2D eigenvalue weighted by atomic mass is 16.5. The molecule has 0 spiro atoms. The van der Waals surface area contributed by atoms with Crippen LogP contribution in [-0.4, -0.2) is 68.6 Å². The molecule has 1 fully saturated rings. The summed E-state index contributed by atoms with van der Waals surface area (Å²) in [6, 6.07) is 24.4. The highest BCUT2D eigenvalue weighted by molar-refractivity contribution is 5.94. The maximum absolute atomic E-state index is 13.1. The topological polar surface area (TPSA) is 71.1 Å². The zero-order valence-corrected chi connectivity index (χ0v) is 20.1. The molecule has 182 valence electrons. The zero-order chi connectivity index (χ0) is 24.6. The number of benzene rings is 3. The first-order valence-electron chi connectivity index (χ1n) is 11.7. The molecule has 2 amide bonds. The van der Waals surface area contributed by atoms with Gasteiger partial charge in [0, 0.05) is 31.7 Å². The summed E-state index contributed by atoms with van der Waals surface area (Å²) in [5.74, 6) is 1.49. The van der Waals surface area contributed by atoms with Gasteiger partial charge in [0.2, 0.25) is 5.91 Å². The Kier molecular flexibility index (Phi) is 8.00. The summed E-state index contributed by atoms with van der Waals surface area (Å²) in [4.78, 5) is 29.7. The maximum atomic E-state index is 13.1. The Morgan fingerprint density at radius 1 is 0.771 bits per heavy atom. The van der Waals surface area contributed by atoms with Gasteiger partial charge in [0.15, 0.2) is 0 Å². The smallest absolute Gasteiger partial charge is 0.253 e. The number of rotatable bonds is 8. The van der Waals surface area contributed by atoms with Gasteiger partial charge >= 0.3 is 0 Å². The number of methoxy groups -OCH3 is 2. The van der Waals surface area contributed by atoms with E-state index in [-0.39, 0.29) is 24.4 Å². The fraction of sp³-hybridized carbons (Fsp3) is 0.286. The molecular formula is C28H31N3O4. The molecule has 0 atom stereocenters. The molecule has 0 bridgehead atoms. The van der Waals surface area contributed by atoms with Gasteiger partial charge < -0.3 is 19.7 Å². The average molecular weight is 474 g/mol. The fourth-order valence-electron chi connectivity index (χ4n) is 4.23. The van der Waals surface area contributed by atoms with E-state index in [1.54, 1.807) is 14.2 Å². The Hall–Kier alpha value is -3.84. The molecule has 3 aromatic rings. The highest BCUT2D eigenvalue weighted by Crippen LogP contribution is 2.26. The van der Waals surface area contributed by atoms with Crippen molar-refractivity contribution < 1.29 is 19.1 Å². The van der Waals surface area contributed by atoms with Gasteiger partial charge in [-0.15, -0.1) is 0 Å². The van der Waals surface area contributed by atoms with Crippen LogP contribution in [0.1, 0.15) is 27.5 Å². The first-order valence-corrected chi connectivity index (χ1v) is 11.7. The number of hydrogen-bond donors (Lipinski definition) is 1. The Labute approximate surface area is 206 Å². The minimum atomic E-state index is -0.305. The van der Waals surface area contributed by atoms with Crippen molar-refractivity contribution in [3.63, 3.8) is 0 Å². The van der Waals surface area contributed by atoms with Crippen molar-refractivity contribution in [1.29, 1.82) is 0 Å². The third-order valence-electron chi connectivity index (χ3n) is 6.25. The Bertz CT molecular complexity index is 1060. The standard InChI is InChI=1S/C28H31N3O4/c1-34-24-12-8-21(9-13-24)27(22-10-14-25(35-2)15-11-22)29-26(32)20-30-16-18-31(19-17-30)28(33)23-6-4-3-5-7-23/h3-15,27H,16-20H2,1-2H3,(H,29,32). The second-order valence-corrected chi connectivity index (χ2v) is 8.48. The van der Waals surface area contributed by atoms with Gasteiger partial charge in [-0.05, 0) is 47.5 Å². The molecule has 0 aliphatic carbocycles. The molecule has 0 aromatic heterocycles. The fourth-order valence-corrected chi connectivity index (χ4v) is 4.23. The minimum Gasteiger partial charge on any atom is -0.497 e. The van der Waals surface area contributed by atoms with E-state index in [9.17, 15) is 9.59 Å². The van der Waals surface area contributed by atoms with E-state index < -0.39 is 0 Å². The van der Waals surface area contributed by atoms with Crippen molar-refractivity contribution in [2.75, 3.05) is 46.9 Å². The predicted octanol–water partition coefficient (Wildman–Crippen LogP) is 3.37. The number of amides is 2. The van der Waals surface area contributed by atoms with Gasteiger partial charge in [0.25, 0.3) is 5.91 Å². The van der Waals surface area contributed by atoms with Crippen molar-refractivity contribution in [2.45, 2.75) is 6.04 Å². The van der Waals surface area contributed by atoms with Gasteiger partial charge in [-0.2, -0.15) is 0 Å². The molecule has 3 aromatic carbocycles. The van der Waals surface area contributed by atoms with Crippen LogP contribution in [0.5, 0.6) is 11.5 Å². The summed E-state index contributed by atoms with van der Waals surface area (Å²) in [6.45, 7) is 2.78. The van der Waals surface area contributed by atoms with Crippen LogP contribution in [0.25, 0.3) is 0 Å². The van der Waals surface area contributed by atoms with E-state index in [1.165, 1.54) is 0 Å². The molecule has 1 saturated heterocycles. The van der Waals surface area contributed by atoms with Crippen LogP contribution in [0.15, 0.2) is 78.9 Å². The van der Waals surface area contributed by atoms with E-state index in [2.05, 4.69) is 10.2 Å². The molecule has 0 unspecified atom stereocenters. The zero-order valence-electron chi connectivity index (χ0n) is 20.1. The van der Waals surface area contributed by atoms with Crippen LogP contribution in [-0.2, 0) is 4.79 Å². The van der Waals surface area contributed by atoms with E-state index in [4.69, 9.17) is 9.47 Å². The Morgan fingerprint density at radius 2 is 1.29 bits per heavy atom. The second-order valence-electron chi connectivity index (χ2n) is 8.48. The molecule has 1 heterocycles. The van der Waals surface area contributed by atoms with Crippen LogP contribution in [0.3, 0.4) is 0 Å². The van der Waals surface area contributed by atoms with Crippen molar-refractivity contribution in [2.24, 2.45) is 0 Å². The van der Waals surface area contributed by atoms with Gasteiger partial charge in [0.05, 0.1) is 26.8 Å². The van der Waals surface area contributed by atoms with Gasteiger partial charge in [-0.25, -0.2) is 0 Å². The molecule has 7 nitrogen and oxygen atoms in total. The first-order chi connectivity index (χ1) is 17.1. The summed E-state index contributed by atoms with van der Waals surface area (Å²) >= 11 is 0. The molecule has 35 heavy (non-hydrogen) atoms. The van der Waals surface area contributed by atoms with Crippen LogP contribution in [0.2, 0.25) is 0 Å². The average Bonchev–Trinajstić information content (AvgIpc) is 2.92. The van der Waals surface area contributed by atoms with Crippen LogP contribution in [0.4, 0.5) is 0 Å². The molecule has 1 aliphatic rings. The molecular weight excluding hydrogens is 442 g/mol. The van der Waals surface area contributed by atoms with Crippen molar-refractivity contribution >= 4 is 11.8 Å². The van der Waals surface area contributed by atoms with Crippen LogP contribution < -0.4 is 14.8 Å². The number of piperazine rings is 1. The van der Waals surface area contributed by atoms with E-state index >= 15 is 0 Å². The number of ether oxygens (including phenoxy) is 2. The Morgan fingerprint density at radius 3 is 1.77 bits per heavy atom. The maximum Gasteiger partial charge on any atom is 0.253 e. The third kappa shape index (κ3) is 6.19. The van der Waals surface area contributed by atoms with Gasteiger partial charge in [0.1, 0.15) is 11.5 Å². The van der Waals surface area contributed by atoms with Gasteiger partial charge in [-0.1, -0.05) is 42.5 Å². The summed E-state index contributed by atoms with van der Waals surface area (Å²) in [7, 11) is 3.26. The summed E-state index contributed by atoms with van der Waals surface area (Å²) in [6.07, 6.45) is 0. The van der Waals surface area contributed by atoms with E-state index in [1.807, 2.05) is 83.8 Å². The highest BCUT2D eigenvalue weighted by Gasteiger charge is 2.24.